The molecule has 10 nitrogen and oxygen atoms in total. The predicted molar refractivity (Wildman–Crippen MR) is 175 cm³/mol. The van der Waals surface area contributed by atoms with Crippen molar-refractivity contribution in [2.24, 2.45) is 0 Å². The van der Waals surface area contributed by atoms with Crippen LogP contribution in [0.5, 0.6) is 0 Å². The lowest BCUT2D eigenvalue weighted by atomic mass is 9.99. The first-order valence-electron chi connectivity index (χ1n) is 15.6. The summed E-state index contributed by atoms with van der Waals surface area (Å²) in [5.41, 5.74) is 5.91. The van der Waals surface area contributed by atoms with Crippen molar-refractivity contribution in [3.63, 3.8) is 0 Å². The maximum Gasteiger partial charge on any atom is 0.303 e. The second-order valence-corrected chi connectivity index (χ2v) is 12.4. The van der Waals surface area contributed by atoms with Crippen molar-refractivity contribution in [2.45, 2.75) is 81.8 Å². The first-order chi connectivity index (χ1) is 22.5. The van der Waals surface area contributed by atoms with Crippen LogP contribution >= 0.6 is 11.8 Å². The van der Waals surface area contributed by atoms with E-state index in [0.717, 1.165) is 57.8 Å². The number of nitrogens with zero attached hydrogens (tertiary/aromatic N) is 2. The number of hydrogen-bond donors (Lipinski definition) is 4. The van der Waals surface area contributed by atoms with E-state index >= 15 is 0 Å². The van der Waals surface area contributed by atoms with E-state index in [-0.39, 0.29) is 31.1 Å². The number of amides is 1. The van der Waals surface area contributed by atoms with Crippen LogP contribution in [0.3, 0.4) is 0 Å². The number of thioether (sulfide) groups is 1. The number of hydrogen-bond acceptors (Lipinski definition) is 8. The van der Waals surface area contributed by atoms with E-state index < -0.39 is 12.3 Å². The van der Waals surface area contributed by atoms with Gasteiger partial charge in [0.15, 0.2) is 11.4 Å². The summed E-state index contributed by atoms with van der Waals surface area (Å²) in [6.45, 7) is 0.443. The number of aromatic nitrogens is 3. The molecule has 4 aromatic rings. The van der Waals surface area contributed by atoms with Gasteiger partial charge in [-0.05, 0) is 46.7 Å². The molecule has 242 valence electrons. The number of carbonyl (C=O) groups is 2. The fraction of sp³-hybridized carbons (Fsp3) is 0.371. The Balaban J connectivity index is 1.19. The molecule has 1 aliphatic rings. The third-order valence-corrected chi connectivity index (χ3v) is 8.90. The van der Waals surface area contributed by atoms with E-state index in [1.165, 1.54) is 6.33 Å². The third-order valence-electron chi connectivity index (χ3n) is 7.89. The molecule has 4 N–H and O–H groups in total. The van der Waals surface area contributed by atoms with Crippen molar-refractivity contribution in [3.8, 4) is 11.1 Å². The van der Waals surface area contributed by atoms with Gasteiger partial charge in [-0.25, -0.2) is 4.98 Å². The normalized spacial score (nSPS) is 17.9. The molecular formula is C35H40N4O6S. The van der Waals surface area contributed by atoms with Crippen molar-refractivity contribution < 1.29 is 29.3 Å². The minimum Gasteiger partial charge on any atom is -0.481 e. The molecule has 1 amide bonds. The van der Waals surface area contributed by atoms with Crippen LogP contribution in [0.4, 0.5) is 0 Å². The summed E-state index contributed by atoms with van der Waals surface area (Å²) in [5.74, 6) is -0.0857. The highest BCUT2D eigenvalue weighted by Gasteiger charge is 2.32. The van der Waals surface area contributed by atoms with E-state index in [1.807, 2.05) is 54.6 Å². The Hall–Kier alpha value is -4.03. The lowest BCUT2D eigenvalue weighted by Gasteiger charge is -2.36. The molecule has 46 heavy (non-hydrogen) atoms. The number of aliphatic hydroxyl groups is 1. The summed E-state index contributed by atoms with van der Waals surface area (Å²) in [5, 5.41) is 28.7. The molecule has 0 spiro atoms. The van der Waals surface area contributed by atoms with E-state index in [0.29, 0.717) is 31.6 Å². The molecule has 0 aliphatic carbocycles. The number of carboxylic acids is 1. The Bertz CT molecular complexity index is 1530. The number of rotatable bonds is 16. The zero-order valence-corrected chi connectivity index (χ0v) is 26.5. The number of carboxylic acid groups (broad SMARTS) is 1. The van der Waals surface area contributed by atoms with Gasteiger partial charge >= 0.3 is 5.97 Å². The van der Waals surface area contributed by atoms with Gasteiger partial charge in [-0.1, -0.05) is 91.3 Å². The van der Waals surface area contributed by atoms with Crippen LogP contribution in [0.25, 0.3) is 11.1 Å². The van der Waals surface area contributed by atoms with Crippen molar-refractivity contribution in [1.29, 1.82) is 0 Å². The standard InChI is InChI=1S/C35H40N4O6S/c40-21-24-10-12-27(13-11-24)31-19-30(22-46-35-37-23-38-39-35)44-34(45-31)28-16-14-26(15-17-28)29-7-5-6-25(18-29)20-36-32(41)8-3-1-2-4-9-33(42)43/h5-7,10-18,23,30-31,34,40H,1-4,8-9,19-22H2,(H,36,41)(H,42,43)(H,37,38,39). The summed E-state index contributed by atoms with van der Waals surface area (Å²) in [6, 6.07) is 24.1. The molecule has 5 rings (SSSR count). The number of carbonyl (C=O) groups excluding carboxylic acids is 1. The number of unbranched alkanes of at least 4 members (excludes halogenated alkanes) is 3. The van der Waals surface area contributed by atoms with Crippen molar-refractivity contribution in [2.75, 3.05) is 5.75 Å². The first-order valence-corrected chi connectivity index (χ1v) is 16.6. The number of aliphatic hydroxyl groups excluding tert-OH is 1. The molecular weight excluding hydrogens is 604 g/mol. The molecule has 0 bridgehead atoms. The Labute approximate surface area is 272 Å². The van der Waals surface area contributed by atoms with Gasteiger partial charge < -0.3 is 25.0 Å². The van der Waals surface area contributed by atoms with Crippen LogP contribution in [0.15, 0.2) is 84.3 Å². The Morgan fingerprint density at radius 3 is 2.37 bits per heavy atom. The van der Waals surface area contributed by atoms with Gasteiger partial charge in [0.05, 0.1) is 18.8 Å². The smallest absolute Gasteiger partial charge is 0.303 e. The molecule has 0 radical (unpaired) electrons. The molecule has 2 heterocycles. The number of nitrogens with one attached hydrogen (secondary N) is 2. The molecule has 0 saturated carbocycles. The van der Waals surface area contributed by atoms with Gasteiger partial charge in [0, 0.05) is 37.1 Å². The highest BCUT2D eigenvalue weighted by Crippen LogP contribution is 2.39. The number of ether oxygens (including phenoxy) is 2. The minimum absolute atomic E-state index is 0.000600. The second-order valence-electron chi connectivity index (χ2n) is 11.4. The highest BCUT2D eigenvalue weighted by atomic mass is 32.2. The zero-order valence-electron chi connectivity index (χ0n) is 25.6. The zero-order chi connectivity index (χ0) is 32.1. The van der Waals surface area contributed by atoms with E-state index in [9.17, 15) is 14.7 Å². The van der Waals surface area contributed by atoms with Crippen LogP contribution in [-0.4, -0.2) is 49.1 Å². The van der Waals surface area contributed by atoms with E-state index in [2.05, 4.69) is 38.7 Å². The summed E-state index contributed by atoms with van der Waals surface area (Å²) in [6.07, 6.45) is 5.07. The van der Waals surface area contributed by atoms with Gasteiger partial charge in [-0.3, -0.25) is 14.7 Å². The minimum atomic E-state index is -0.775. The Morgan fingerprint density at radius 1 is 0.891 bits per heavy atom. The second kappa shape index (κ2) is 17.0. The number of benzene rings is 3. The fourth-order valence-electron chi connectivity index (χ4n) is 5.36. The summed E-state index contributed by atoms with van der Waals surface area (Å²) < 4.78 is 12.9. The van der Waals surface area contributed by atoms with Gasteiger partial charge in [0.2, 0.25) is 5.91 Å². The SMILES string of the molecule is O=C(O)CCCCCCC(=O)NCc1cccc(-c2ccc(C3OC(CSc4ncn[nH]4)CC(c4ccc(CO)cc4)O3)cc2)c1. The summed E-state index contributed by atoms with van der Waals surface area (Å²) in [4.78, 5) is 27.1. The maximum absolute atomic E-state index is 12.3. The largest absolute Gasteiger partial charge is 0.481 e. The van der Waals surface area contributed by atoms with Crippen LogP contribution in [0, 0.1) is 0 Å². The monoisotopic (exact) mass is 644 g/mol. The maximum atomic E-state index is 12.3. The van der Waals surface area contributed by atoms with Crippen LogP contribution in [0.2, 0.25) is 0 Å². The molecule has 3 atom stereocenters. The number of aliphatic carboxylic acids is 1. The average Bonchev–Trinajstić information content (AvgIpc) is 3.62. The van der Waals surface area contributed by atoms with Gasteiger partial charge in [0.1, 0.15) is 6.33 Å². The van der Waals surface area contributed by atoms with Crippen molar-refractivity contribution in [3.05, 3.63) is 101 Å². The highest BCUT2D eigenvalue weighted by molar-refractivity contribution is 7.99. The molecule has 3 aromatic carbocycles. The molecule has 11 heteroatoms. The van der Waals surface area contributed by atoms with E-state index in [1.54, 1.807) is 11.8 Å². The Morgan fingerprint density at radius 2 is 1.65 bits per heavy atom. The molecule has 1 aromatic heterocycles. The van der Waals surface area contributed by atoms with Crippen LogP contribution in [-0.2, 0) is 32.2 Å². The van der Waals surface area contributed by atoms with Crippen molar-refractivity contribution >= 4 is 23.6 Å². The molecule has 1 fully saturated rings. The van der Waals surface area contributed by atoms with Gasteiger partial charge in [-0.15, -0.1) is 0 Å². The quantitative estimate of drug-likeness (QED) is 0.0810. The lowest BCUT2D eigenvalue weighted by Crippen LogP contribution is -2.31. The molecule has 1 aliphatic heterocycles. The Kier molecular flexibility index (Phi) is 12.4. The lowest BCUT2D eigenvalue weighted by molar-refractivity contribution is -0.245. The first kappa shape index (κ1) is 33.3. The van der Waals surface area contributed by atoms with Crippen LogP contribution < -0.4 is 5.32 Å². The topological polar surface area (TPSA) is 147 Å². The van der Waals surface area contributed by atoms with Crippen LogP contribution in [0.1, 0.15) is 79.6 Å². The number of H-pyrrole nitrogens is 1. The summed E-state index contributed by atoms with van der Waals surface area (Å²) >= 11 is 1.56. The third kappa shape index (κ3) is 9.98. The van der Waals surface area contributed by atoms with Gasteiger partial charge in [0.25, 0.3) is 0 Å². The van der Waals surface area contributed by atoms with E-state index in [4.69, 9.17) is 14.6 Å². The molecule has 1 saturated heterocycles. The fourth-order valence-corrected chi connectivity index (χ4v) is 6.15. The summed E-state index contributed by atoms with van der Waals surface area (Å²) in [7, 11) is 0. The van der Waals surface area contributed by atoms with Gasteiger partial charge in [-0.2, -0.15) is 5.10 Å². The average molecular weight is 645 g/mol. The predicted octanol–water partition coefficient (Wildman–Crippen LogP) is 6.34. The van der Waals surface area contributed by atoms with Crippen molar-refractivity contribution in [1.82, 2.24) is 20.5 Å². The molecule has 3 unspecified atom stereocenters. The number of aromatic amines is 1.